The SMILES string of the molecule is CN(Cc1ccccc1)C(=O)C(N)C(N)C(=O)NCc1ccco1. The number of carbonyl (C=O) groups excluding carboxylic acids is 2. The second-order valence-corrected chi connectivity index (χ2v) is 5.53. The van der Waals surface area contributed by atoms with E-state index in [1.54, 1.807) is 19.2 Å². The molecule has 0 aliphatic heterocycles. The van der Waals surface area contributed by atoms with Crippen molar-refractivity contribution in [3.05, 3.63) is 60.1 Å². The van der Waals surface area contributed by atoms with Gasteiger partial charge in [-0.25, -0.2) is 0 Å². The van der Waals surface area contributed by atoms with Crippen LogP contribution in [0.25, 0.3) is 0 Å². The van der Waals surface area contributed by atoms with Crippen molar-refractivity contribution in [2.24, 2.45) is 11.5 Å². The number of nitrogens with zero attached hydrogens (tertiary/aromatic N) is 1. The molecule has 7 nitrogen and oxygen atoms in total. The first-order valence-electron chi connectivity index (χ1n) is 7.59. The lowest BCUT2D eigenvalue weighted by Crippen LogP contribution is -2.58. The van der Waals surface area contributed by atoms with Crippen molar-refractivity contribution in [3.63, 3.8) is 0 Å². The zero-order chi connectivity index (χ0) is 17.5. The molecule has 7 heteroatoms. The van der Waals surface area contributed by atoms with Crippen LogP contribution in [0.1, 0.15) is 11.3 Å². The Kier molecular flexibility index (Phi) is 6.11. The third kappa shape index (κ3) is 4.68. The second kappa shape index (κ2) is 8.28. The number of nitrogens with one attached hydrogen (secondary N) is 1. The average molecular weight is 330 g/mol. The molecule has 24 heavy (non-hydrogen) atoms. The molecule has 0 radical (unpaired) electrons. The molecule has 0 saturated heterocycles. The molecule has 0 aliphatic carbocycles. The van der Waals surface area contributed by atoms with Crippen molar-refractivity contribution in [2.75, 3.05) is 7.05 Å². The van der Waals surface area contributed by atoms with E-state index in [0.717, 1.165) is 5.56 Å². The van der Waals surface area contributed by atoms with Crippen LogP contribution in [-0.2, 0) is 22.7 Å². The van der Waals surface area contributed by atoms with Crippen LogP contribution in [0.2, 0.25) is 0 Å². The van der Waals surface area contributed by atoms with Gasteiger partial charge in [0, 0.05) is 13.6 Å². The van der Waals surface area contributed by atoms with Crippen LogP contribution in [0.3, 0.4) is 0 Å². The first-order chi connectivity index (χ1) is 11.5. The fourth-order valence-corrected chi connectivity index (χ4v) is 2.21. The van der Waals surface area contributed by atoms with Gasteiger partial charge < -0.3 is 26.1 Å². The first-order valence-corrected chi connectivity index (χ1v) is 7.59. The highest BCUT2D eigenvalue weighted by Gasteiger charge is 2.29. The second-order valence-electron chi connectivity index (χ2n) is 5.53. The molecule has 0 spiro atoms. The summed E-state index contributed by atoms with van der Waals surface area (Å²) >= 11 is 0. The third-order valence-electron chi connectivity index (χ3n) is 3.63. The Morgan fingerprint density at radius 3 is 2.46 bits per heavy atom. The molecule has 2 aromatic rings. The van der Waals surface area contributed by atoms with Gasteiger partial charge in [0.05, 0.1) is 12.8 Å². The van der Waals surface area contributed by atoms with Gasteiger partial charge in [0.15, 0.2) is 0 Å². The van der Waals surface area contributed by atoms with Gasteiger partial charge >= 0.3 is 0 Å². The zero-order valence-corrected chi connectivity index (χ0v) is 13.5. The van der Waals surface area contributed by atoms with E-state index in [9.17, 15) is 9.59 Å². The molecule has 5 N–H and O–H groups in total. The summed E-state index contributed by atoms with van der Waals surface area (Å²) in [7, 11) is 1.63. The Labute approximate surface area is 140 Å². The van der Waals surface area contributed by atoms with E-state index in [1.807, 2.05) is 30.3 Å². The maximum Gasteiger partial charge on any atom is 0.241 e. The summed E-state index contributed by atoms with van der Waals surface area (Å²) in [4.78, 5) is 25.8. The summed E-state index contributed by atoms with van der Waals surface area (Å²) < 4.78 is 5.11. The highest BCUT2D eigenvalue weighted by Crippen LogP contribution is 2.05. The predicted octanol–water partition coefficient (Wildman–Crippen LogP) is 0.209. The Morgan fingerprint density at radius 2 is 1.83 bits per heavy atom. The van der Waals surface area contributed by atoms with Gasteiger partial charge in [0.25, 0.3) is 0 Å². The normalized spacial score (nSPS) is 13.1. The zero-order valence-electron chi connectivity index (χ0n) is 13.5. The van der Waals surface area contributed by atoms with Crippen molar-refractivity contribution in [1.29, 1.82) is 0 Å². The monoisotopic (exact) mass is 330 g/mol. The van der Waals surface area contributed by atoms with Gasteiger partial charge in [-0.1, -0.05) is 30.3 Å². The molecule has 2 rings (SSSR count). The van der Waals surface area contributed by atoms with Gasteiger partial charge in [-0.05, 0) is 17.7 Å². The van der Waals surface area contributed by atoms with Gasteiger partial charge in [-0.3, -0.25) is 9.59 Å². The summed E-state index contributed by atoms with van der Waals surface area (Å²) in [5, 5.41) is 2.60. The number of furan rings is 1. The molecule has 1 aromatic carbocycles. The van der Waals surface area contributed by atoms with Crippen molar-refractivity contribution >= 4 is 11.8 Å². The molecule has 0 aliphatic rings. The van der Waals surface area contributed by atoms with Gasteiger partial charge in [0.1, 0.15) is 17.8 Å². The van der Waals surface area contributed by atoms with Gasteiger partial charge in [-0.15, -0.1) is 0 Å². The lowest BCUT2D eigenvalue weighted by atomic mass is 10.1. The summed E-state index contributed by atoms with van der Waals surface area (Å²) in [5.74, 6) is -0.295. The molecule has 128 valence electrons. The largest absolute Gasteiger partial charge is 0.467 e. The van der Waals surface area contributed by atoms with Crippen LogP contribution in [0.15, 0.2) is 53.1 Å². The van der Waals surface area contributed by atoms with Gasteiger partial charge in [0.2, 0.25) is 11.8 Å². The van der Waals surface area contributed by atoms with E-state index in [4.69, 9.17) is 15.9 Å². The first kappa shape index (κ1) is 17.7. The Balaban J connectivity index is 1.87. The summed E-state index contributed by atoms with van der Waals surface area (Å²) in [6, 6.07) is 10.7. The molecule has 0 bridgehead atoms. The number of carbonyl (C=O) groups is 2. The number of benzene rings is 1. The number of hydrogen-bond acceptors (Lipinski definition) is 5. The lowest BCUT2D eigenvalue weighted by Gasteiger charge is -2.24. The minimum absolute atomic E-state index is 0.195. The van der Waals surface area contributed by atoms with E-state index in [1.165, 1.54) is 11.2 Å². The third-order valence-corrected chi connectivity index (χ3v) is 3.63. The van der Waals surface area contributed by atoms with Crippen LogP contribution < -0.4 is 16.8 Å². The molecule has 1 heterocycles. The van der Waals surface area contributed by atoms with Crippen molar-refractivity contribution in [1.82, 2.24) is 10.2 Å². The number of rotatable bonds is 7. The maximum atomic E-state index is 12.3. The summed E-state index contributed by atoms with van der Waals surface area (Å²) in [6.07, 6.45) is 1.51. The van der Waals surface area contributed by atoms with Crippen LogP contribution in [0, 0.1) is 0 Å². The molecule has 2 unspecified atom stereocenters. The van der Waals surface area contributed by atoms with Crippen molar-refractivity contribution in [2.45, 2.75) is 25.2 Å². The number of amides is 2. The van der Waals surface area contributed by atoms with Crippen LogP contribution in [-0.4, -0.2) is 35.8 Å². The van der Waals surface area contributed by atoms with E-state index >= 15 is 0 Å². The van der Waals surface area contributed by atoms with Crippen molar-refractivity contribution < 1.29 is 14.0 Å². The quantitative estimate of drug-likeness (QED) is 0.671. The standard InChI is InChI=1S/C17H22N4O3/c1-21(11-12-6-3-2-4-7-12)17(23)15(19)14(18)16(22)20-10-13-8-5-9-24-13/h2-9,14-15H,10-11,18-19H2,1H3,(H,20,22). The molecule has 0 saturated carbocycles. The van der Waals surface area contributed by atoms with Crippen molar-refractivity contribution in [3.8, 4) is 0 Å². The smallest absolute Gasteiger partial charge is 0.241 e. The van der Waals surface area contributed by atoms with Crippen LogP contribution in [0.4, 0.5) is 0 Å². The molecule has 2 amide bonds. The molecular formula is C17H22N4O3. The Morgan fingerprint density at radius 1 is 1.12 bits per heavy atom. The number of nitrogens with two attached hydrogens (primary N) is 2. The highest BCUT2D eigenvalue weighted by atomic mass is 16.3. The topological polar surface area (TPSA) is 115 Å². The fourth-order valence-electron chi connectivity index (χ4n) is 2.21. The molecule has 0 fully saturated rings. The summed E-state index contributed by atoms with van der Waals surface area (Å²) in [6.45, 7) is 0.592. The Hall–Kier alpha value is -2.64. The van der Waals surface area contributed by atoms with Crippen LogP contribution in [0.5, 0.6) is 0 Å². The maximum absolute atomic E-state index is 12.3. The highest BCUT2D eigenvalue weighted by molar-refractivity contribution is 5.92. The van der Waals surface area contributed by atoms with Gasteiger partial charge in [-0.2, -0.15) is 0 Å². The minimum atomic E-state index is -1.13. The molecule has 1 aromatic heterocycles. The van der Waals surface area contributed by atoms with E-state index in [0.29, 0.717) is 12.3 Å². The average Bonchev–Trinajstić information content (AvgIpc) is 3.12. The number of hydrogen-bond donors (Lipinski definition) is 3. The minimum Gasteiger partial charge on any atom is -0.467 e. The van der Waals surface area contributed by atoms with Crippen LogP contribution >= 0.6 is 0 Å². The molecular weight excluding hydrogens is 308 g/mol. The van der Waals surface area contributed by atoms with E-state index < -0.39 is 18.0 Å². The number of likely N-dealkylation sites (N-methyl/N-ethyl adjacent to an activating group) is 1. The lowest BCUT2D eigenvalue weighted by molar-refractivity contribution is -0.135. The Bertz CT molecular complexity index is 658. The summed E-state index contributed by atoms with van der Waals surface area (Å²) in [5.41, 5.74) is 12.7. The van der Waals surface area contributed by atoms with E-state index in [-0.39, 0.29) is 12.5 Å². The van der Waals surface area contributed by atoms with E-state index in [2.05, 4.69) is 5.32 Å². The molecule has 2 atom stereocenters. The predicted molar refractivity (Wildman–Crippen MR) is 89.4 cm³/mol. The fraction of sp³-hybridized carbons (Fsp3) is 0.294.